The Bertz CT molecular complexity index is 1490. The summed E-state index contributed by atoms with van der Waals surface area (Å²) in [7, 11) is 0. The summed E-state index contributed by atoms with van der Waals surface area (Å²) in [4.78, 5) is 0. The predicted octanol–water partition coefficient (Wildman–Crippen LogP) is 6.99. The molecule has 0 spiro atoms. The standard InChI is InChI=1S/C34H32N4/c1-23-5-13-27(14-6-23)22-37-38-32(28-15-7-24(2)8-16-28)34(31(21-35)33(38)36,29-17-9-25(3)10-18-29)30-19-11-26(4)12-20-30/h5-20,22,32H,36H2,1-4H3/b37-22+. The molecule has 0 bridgehead atoms. The first-order chi connectivity index (χ1) is 18.3. The van der Waals surface area contributed by atoms with Crippen LogP contribution in [0, 0.1) is 39.0 Å². The molecule has 4 nitrogen and oxygen atoms in total. The van der Waals surface area contributed by atoms with Gasteiger partial charge in [-0.2, -0.15) is 10.4 Å². The molecule has 1 aliphatic heterocycles. The molecular weight excluding hydrogens is 464 g/mol. The molecule has 0 aromatic heterocycles. The molecule has 2 N–H and O–H groups in total. The number of hydrogen-bond donors (Lipinski definition) is 1. The Hall–Kier alpha value is -4.62. The van der Waals surface area contributed by atoms with Crippen LogP contribution in [0.2, 0.25) is 0 Å². The van der Waals surface area contributed by atoms with Crippen molar-refractivity contribution in [1.82, 2.24) is 5.01 Å². The number of aryl methyl sites for hydroxylation is 4. The van der Waals surface area contributed by atoms with E-state index in [0.29, 0.717) is 11.4 Å². The molecule has 0 radical (unpaired) electrons. The number of nitriles is 1. The van der Waals surface area contributed by atoms with Gasteiger partial charge in [0, 0.05) is 0 Å². The van der Waals surface area contributed by atoms with Crippen LogP contribution in [0.4, 0.5) is 0 Å². The Morgan fingerprint density at radius 3 is 1.58 bits per heavy atom. The van der Waals surface area contributed by atoms with Gasteiger partial charge >= 0.3 is 0 Å². The number of hydrogen-bond acceptors (Lipinski definition) is 4. The van der Waals surface area contributed by atoms with Gasteiger partial charge in [-0.25, -0.2) is 5.01 Å². The van der Waals surface area contributed by atoms with Gasteiger partial charge < -0.3 is 5.73 Å². The van der Waals surface area contributed by atoms with Gasteiger partial charge in [-0.1, -0.05) is 119 Å². The summed E-state index contributed by atoms with van der Waals surface area (Å²) in [5.74, 6) is 0.364. The summed E-state index contributed by atoms with van der Waals surface area (Å²) in [6.45, 7) is 8.28. The predicted molar refractivity (Wildman–Crippen MR) is 154 cm³/mol. The van der Waals surface area contributed by atoms with E-state index in [4.69, 9.17) is 10.8 Å². The van der Waals surface area contributed by atoms with E-state index < -0.39 is 5.41 Å². The Labute approximate surface area is 225 Å². The molecule has 4 aromatic rings. The van der Waals surface area contributed by atoms with E-state index in [1.807, 2.05) is 23.4 Å². The maximum atomic E-state index is 10.7. The van der Waals surface area contributed by atoms with E-state index in [0.717, 1.165) is 33.4 Å². The van der Waals surface area contributed by atoms with Crippen LogP contribution in [0.3, 0.4) is 0 Å². The van der Waals surface area contributed by atoms with Gasteiger partial charge in [-0.3, -0.25) is 0 Å². The van der Waals surface area contributed by atoms with Crippen LogP contribution in [-0.4, -0.2) is 11.2 Å². The van der Waals surface area contributed by atoms with Crippen LogP contribution in [0.15, 0.2) is 114 Å². The minimum Gasteiger partial charge on any atom is -0.383 e. The second-order valence-corrected chi connectivity index (χ2v) is 10.2. The van der Waals surface area contributed by atoms with Crippen LogP contribution < -0.4 is 5.73 Å². The van der Waals surface area contributed by atoms with Crippen molar-refractivity contribution in [2.45, 2.75) is 39.2 Å². The van der Waals surface area contributed by atoms with Crippen molar-refractivity contribution < 1.29 is 0 Å². The number of nitrogens with two attached hydrogens (primary N) is 1. The van der Waals surface area contributed by atoms with Crippen molar-refractivity contribution >= 4 is 6.21 Å². The molecule has 1 unspecified atom stereocenters. The van der Waals surface area contributed by atoms with Gasteiger partial charge in [-0.05, 0) is 49.9 Å². The molecule has 0 amide bonds. The first-order valence-electron chi connectivity index (χ1n) is 12.9. The maximum absolute atomic E-state index is 10.7. The van der Waals surface area contributed by atoms with Crippen LogP contribution in [0.1, 0.15) is 50.5 Å². The zero-order chi connectivity index (χ0) is 26.9. The maximum Gasteiger partial charge on any atom is 0.136 e. The van der Waals surface area contributed by atoms with Crippen molar-refractivity contribution in [2.75, 3.05) is 0 Å². The molecule has 1 atom stereocenters. The van der Waals surface area contributed by atoms with Crippen LogP contribution in [-0.2, 0) is 5.41 Å². The normalized spacial score (nSPS) is 16.7. The van der Waals surface area contributed by atoms with E-state index in [2.05, 4.69) is 119 Å². The van der Waals surface area contributed by atoms with Gasteiger partial charge in [0.2, 0.25) is 0 Å². The summed E-state index contributed by atoms with van der Waals surface area (Å²) in [6, 6.07) is 35.7. The average Bonchev–Trinajstić information content (AvgIpc) is 3.17. The first kappa shape index (κ1) is 25.0. The third-order valence-corrected chi connectivity index (χ3v) is 7.48. The first-order valence-corrected chi connectivity index (χ1v) is 12.9. The Morgan fingerprint density at radius 2 is 1.13 bits per heavy atom. The summed E-state index contributed by atoms with van der Waals surface area (Å²) >= 11 is 0. The molecule has 0 aliphatic carbocycles. The summed E-state index contributed by atoms with van der Waals surface area (Å²) in [5.41, 5.74) is 15.2. The SMILES string of the molecule is Cc1ccc(/C=N/N2C(N)=C(C#N)C(c3ccc(C)cc3)(c3ccc(C)cc3)C2c2ccc(C)cc2)cc1. The minimum absolute atomic E-state index is 0.364. The molecule has 0 saturated carbocycles. The fourth-order valence-electron chi connectivity index (χ4n) is 5.38. The highest BCUT2D eigenvalue weighted by Crippen LogP contribution is 2.57. The monoisotopic (exact) mass is 496 g/mol. The van der Waals surface area contributed by atoms with Crippen LogP contribution >= 0.6 is 0 Å². The lowest BCUT2D eigenvalue weighted by molar-refractivity contribution is 0.244. The van der Waals surface area contributed by atoms with E-state index in [9.17, 15) is 5.26 Å². The fraction of sp³-hybridized carbons (Fsp3) is 0.176. The highest BCUT2D eigenvalue weighted by Gasteiger charge is 2.56. The second-order valence-electron chi connectivity index (χ2n) is 10.2. The molecule has 1 aliphatic rings. The third kappa shape index (κ3) is 4.27. The summed E-state index contributed by atoms with van der Waals surface area (Å²) < 4.78 is 0. The van der Waals surface area contributed by atoms with Crippen molar-refractivity contribution in [3.63, 3.8) is 0 Å². The third-order valence-electron chi connectivity index (χ3n) is 7.48. The molecule has 188 valence electrons. The van der Waals surface area contributed by atoms with E-state index in [1.165, 1.54) is 11.1 Å². The molecule has 0 fully saturated rings. The van der Waals surface area contributed by atoms with E-state index in [1.54, 1.807) is 0 Å². The van der Waals surface area contributed by atoms with Crippen molar-refractivity contribution in [2.24, 2.45) is 10.8 Å². The van der Waals surface area contributed by atoms with Crippen LogP contribution in [0.5, 0.6) is 0 Å². The van der Waals surface area contributed by atoms with Crippen LogP contribution in [0.25, 0.3) is 0 Å². The van der Waals surface area contributed by atoms with Crippen molar-refractivity contribution in [1.29, 1.82) is 5.26 Å². The molecule has 5 rings (SSSR count). The molecule has 1 heterocycles. The van der Waals surface area contributed by atoms with E-state index >= 15 is 0 Å². The lowest BCUT2D eigenvalue weighted by Crippen LogP contribution is -2.38. The largest absolute Gasteiger partial charge is 0.383 e. The number of nitrogens with zero attached hydrogens (tertiary/aromatic N) is 3. The number of benzene rings is 4. The highest BCUT2D eigenvalue weighted by molar-refractivity contribution is 5.79. The van der Waals surface area contributed by atoms with Gasteiger partial charge in [0.1, 0.15) is 5.82 Å². The van der Waals surface area contributed by atoms with Gasteiger partial charge in [0.05, 0.1) is 29.3 Å². The van der Waals surface area contributed by atoms with Crippen molar-refractivity contribution in [3.05, 3.63) is 153 Å². The lowest BCUT2D eigenvalue weighted by atomic mass is 9.64. The lowest BCUT2D eigenvalue weighted by Gasteiger charge is -2.39. The molecule has 0 saturated heterocycles. The smallest absolute Gasteiger partial charge is 0.136 e. The fourth-order valence-corrected chi connectivity index (χ4v) is 5.38. The van der Waals surface area contributed by atoms with Gasteiger partial charge in [-0.15, -0.1) is 0 Å². The quantitative estimate of drug-likeness (QED) is 0.303. The summed E-state index contributed by atoms with van der Waals surface area (Å²) in [6.07, 6.45) is 1.82. The average molecular weight is 497 g/mol. The Kier molecular flexibility index (Phi) is 6.61. The summed E-state index contributed by atoms with van der Waals surface area (Å²) in [5, 5.41) is 17.5. The van der Waals surface area contributed by atoms with Gasteiger partial charge in [0.15, 0.2) is 0 Å². The highest BCUT2D eigenvalue weighted by atomic mass is 15.5. The zero-order valence-corrected chi connectivity index (χ0v) is 22.3. The number of hydrazone groups is 1. The second kappa shape index (κ2) is 10.0. The van der Waals surface area contributed by atoms with E-state index in [-0.39, 0.29) is 6.04 Å². The molecule has 38 heavy (non-hydrogen) atoms. The molecule has 4 heteroatoms. The Morgan fingerprint density at radius 1 is 0.711 bits per heavy atom. The Balaban J connectivity index is 1.81. The molecule has 4 aromatic carbocycles. The zero-order valence-electron chi connectivity index (χ0n) is 22.3. The van der Waals surface area contributed by atoms with Crippen molar-refractivity contribution in [3.8, 4) is 6.07 Å². The minimum atomic E-state index is -0.861. The molecular formula is C34H32N4. The van der Waals surface area contributed by atoms with Gasteiger partial charge in [0.25, 0.3) is 0 Å². The number of rotatable bonds is 5. The topological polar surface area (TPSA) is 65.4 Å².